The van der Waals surface area contributed by atoms with Crippen LogP contribution in [0.2, 0.25) is 0 Å². The highest BCUT2D eigenvalue weighted by Crippen LogP contribution is 2.54. The lowest BCUT2D eigenvalue weighted by molar-refractivity contribution is 0.590. The third-order valence-corrected chi connectivity index (χ3v) is 20.2. The van der Waals surface area contributed by atoms with Crippen molar-refractivity contribution in [2.24, 2.45) is 0 Å². The van der Waals surface area contributed by atoms with Crippen LogP contribution < -0.4 is 26.2 Å². The average Bonchev–Trinajstić information content (AvgIpc) is 1.27. The molecule has 21 rings (SSSR count). The van der Waals surface area contributed by atoms with Gasteiger partial charge in [0.05, 0.1) is 87.4 Å². The minimum Gasteiger partial charge on any atom is -0.452 e. The van der Waals surface area contributed by atoms with E-state index in [0.29, 0.717) is 72.4 Å². The molecule has 0 unspecified atom stereocenters. The van der Waals surface area contributed by atoms with Gasteiger partial charge < -0.3 is 27.9 Å². The number of hydrogen-bond acceptors (Lipinski definition) is 3. The first-order valence-electron chi connectivity index (χ1n) is 44.7. The molecule has 6 heterocycles. The van der Waals surface area contributed by atoms with Crippen molar-refractivity contribution in [3.63, 3.8) is 0 Å². The van der Waals surface area contributed by atoms with E-state index in [-0.39, 0.29) is 105 Å². The largest absolute Gasteiger partial charge is 0.452 e. The average molecular weight is 1310 g/mol. The molecule has 0 aliphatic carbocycles. The van der Waals surface area contributed by atoms with Crippen LogP contribution in [0.4, 0.5) is 34.1 Å². The number of furan rings is 1. The van der Waals surface area contributed by atoms with Gasteiger partial charge in [0.15, 0.2) is 11.2 Å². The highest BCUT2D eigenvalue weighted by molar-refractivity contribution is 7.00. The smallest absolute Gasteiger partial charge is 0.252 e. The van der Waals surface area contributed by atoms with Gasteiger partial charge >= 0.3 is 0 Å². The number of benzene rings is 15. The van der Waals surface area contributed by atoms with Crippen molar-refractivity contribution in [2.75, 3.05) is 9.80 Å². The number of anilines is 6. The van der Waals surface area contributed by atoms with E-state index in [2.05, 4.69) is 56.0 Å². The zero-order valence-corrected chi connectivity index (χ0v) is 54.2. The molecule has 15 aromatic carbocycles. The van der Waals surface area contributed by atoms with Crippen LogP contribution in [0.5, 0.6) is 0 Å². The van der Waals surface area contributed by atoms with Crippen LogP contribution in [0.15, 0.2) is 338 Å². The molecule has 4 aromatic heterocycles. The summed E-state index contributed by atoms with van der Waals surface area (Å²) in [6.45, 7) is 5.47. The highest BCUT2D eigenvalue weighted by Gasteiger charge is 2.46. The van der Waals surface area contributed by atoms with Gasteiger partial charge in [-0.05, 0) is 128 Å². The van der Waals surface area contributed by atoms with E-state index >= 15 is 0 Å². The van der Waals surface area contributed by atoms with E-state index in [9.17, 15) is 23.3 Å². The number of nitrogens with zero attached hydrogens (tertiary/aromatic N) is 5. The molecule has 0 spiro atoms. The van der Waals surface area contributed by atoms with Gasteiger partial charge in [-0.1, -0.05) is 275 Å². The lowest BCUT2D eigenvalue weighted by Crippen LogP contribution is -2.61. The Kier molecular flexibility index (Phi) is 8.42. The van der Waals surface area contributed by atoms with Crippen molar-refractivity contribution in [1.29, 1.82) is 0 Å². The SMILES string of the molecule is [2H]c1cc2c3c([2H])c([2H])c([2H])c([2H])c3n(-c3cccc4c3oc3c(N5c6cc(-c7cccc(C(C)(C)C)c7)ccc6B6c7ccc(-n8c9c([2H])c([2H])c([2H])c([2H])c9c9c([2H])c([2H])c([2H])c([2H])c98)cc7N(c7c(-c8ccccc8)cccc7-c7ccccc7)c7cc(-n8c9c([2H])c([2H])c([2H])c([2H])c9c9c([2H])c([2H])c([2H])c([2H])c98)cc5c76)cccc34)c2c([2H])c1[2H]. The third-order valence-electron chi connectivity index (χ3n) is 20.2. The van der Waals surface area contributed by atoms with Gasteiger partial charge in [0.2, 0.25) is 0 Å². The number of aromatic nitrogens is 3. The molecule has 0 bridgehead atoms. The Morgan fingerprint density at radius 3 is 1.33 bits per heavy atom. The molecule has 7 heteroatoms. The Morgan fingerprint density at radius 1 is 0.307 bits per heavy atom. The van der Waals surface area contributed by atoms with Crippen molar-refractivity contribution in [1.82, 2.24) is 13.7 Å². The van der Waals surface area contributed by atoms with Crippen LogP contribution in [-0.2, 0) is 5.41 Å². The van der Waals surface area contributed by atoms with Gasteiger partial charge in [0.25, 0.3) is 6.71 Å². The normalized spacial score (nSPS) is 16.0. The minimum atomic E-state index is -0.903. The predicted octanol–water partition coefficient (Wildman–Crippen LogP) is 23.3. The quantitative estimate of drug-likeness (QED) is 0.142. The molecular formula is C94H64BN5O. The second-order valence-corrected chi connectivity index (χ2v) is 26.6. The summed E-state index contributed by atoms with van der Waals surface area (Å²) in [5.74, 6) is 0. The number of hydrogen-bond donors (Lipinski definition) is 0. The molecule has 0 saturated carbocycles. The van der Waals surface area contributed by atoms with E-state index in [0.717, 1.165) is 27.8 Å². The fraction of sp³-hybridized carbons (Fsp3) is 0.0426. The summed E-state index contributed by atoms with van der Waals surface area (Å²) < 4.78 is 230. The van der Waals surface area contributed by atoms with Gasteiger partial charge in [0, 0.05) is 82.7 Å². The molecule has 0 saturated heterocycles. The molecule has 6 nitrogen and oxygen atoms in total. The van der Waals surface area contributed by atoms with Crippen molar-refractivity contribution in [3.05, 3.63) is 339 Å². The van der Waals surface area contributed by atoms with Crippen molar-refractivity contribution >= 4 is 145 Å². The molecule has 0 radical (unpaired) electrons. The summed E-state index contributed by atoms with van der Waals surface area (Å²) in [6.07, 6.45) is 0. The van der Waals surface area contributed by atoms with E-state index in [1.165, 1.54) is 19.8 Å². The fourth-order valence-corrected chi connectivity index (χ4v) is 15.8. The Bertz CT molecular complexity index is 7900. The van der Waals surface area contributed by atoms with Crippen molar-refractivity contribution in [3.8, 4) is 50.4 Å². The van der Waals surface area contributed by atoms with E-state index < -0.39 is 140 Å². The van der Waals surface area contributed by atoms with Crippen LogP contribution in [0.1, 0.15) is 57.9 Å². The molecule has 0 fully saturated rings. The number of rotatable bonds is 8. The van der Waals surface area contributed by atoms with Crippen molar-refractivity contribution < 1.29 is 35.9 Å². The maximum Gasteiger partial charge on any atom is 0.252 e. The maximum absolute atomic E-state index is 10.1. The molecule has 0 atom stereocenters. The van der Waals surface area contributed by atoms with Crippen LogP contribution in [0.25, 0.3) is 138 Å². The second-order valence-electron chi connectivity index (χ2n) is 26.6. The standard InChI is InChI=1S/C94H64BN5O/c1-94(2,3)63-31-22-30-61(54-63)62-50-52-76-86(55-62)99(85-49-25-41-75-74-40-24-48-84(92(74)101-93(75)85)98-82-46-20-14-36-72(82)73-37-15-21-47-83(73)98)88-57-65(97-80-44-18-12-34-70(80)71-35-13-19-45-81(71)97)58-89-90(88)95(76)77-53-51-64(96-78-42-16-10-32-68(78)69-33-11-17-43-79(69)96)56-87(77)100(89)91-66(59-26-6-4-7-27-59)38-23-39-67(91)60-28-8-5-9-29-60/h4-58H,1-3H3/i10D,11D,12D,13D,14D,15D,16D,17D,18D,19D,20D,21D,32D,33D,34D,35D,36D,42D,43D,44D,45D,46D,47D. The molecule has 2 aliphatic rings. The Labute approximate surface area is 617 Å². The molecule has 2 aliphatic heterocycles. The lowest BCUT2D eigenvalue weighted by atomic mass is 9.33. The van der Waals surface area contributed by atoms with Crippen LogP contribution >= 0.6 is 0 Å². The zero-order valence-electron chi connectivity index (χ0n) is 77.2. The summed E-state index contributed by atoms with van der Waals surface area (Å²) in [4.78, 5) is 4.11. The summed E-state index contributed by atoms with van der Waals surface area (Å²) in [6, 6.07) is 48.3. The van der Waals surface area contributed by atoms with Gasteiger partial charge in [-0.15, -0.1) is 0 Å². The summed E-state index contributed by atoms with van der Waals surface area (Å²) in [7, 11) is 0. The Hall–Kier alpha value is -12.8. The molecule has 474 valence electrons. The molecule has 0 amide bonds. The number of para-hydroxylation sites is 9. The first kappa shape index (κ1) is 38.9. The van der Waals surface area contributed by atoms with Crippen molar-refractivity contribution in [2.45, 2.75) is 26.2 Å². The highest BCUT2D eigenvalue weighted by atomic mass is 16.3. The fourth-order valence-electron chi connectivity index (χ4n) is 15.8. The maximum atomic E-state index is 10.1. The molecule has 0 N–H and O–H groups in total. The zero-order chi connectivity index (χ0) is 86.8. The predicted molar refractivity (Wildman–Crippen MR) is 426 cm³/mol. The topological polar surface area (TPSA) is 34.4 Å². The monoisotopic (exact) mass is 1310 g/mol. The van der Waals surface area contributed by atoms with Crippen LogP contribution in [-0.4, -0.2) is 20.4 Å². The number of fused-ring (bicyclic) bond motifs is 16. The molecule has 19 aromatic rings. The van der Waals surface area contributed by atoms with Crippen LogP contribution in [0, 0.1) is 0 Å². The first-order chi connectivity index (χ1) is 59.3. The summed E-state index contributed by atoms with van der Waals surface area (Å²) in [5.41, 5.74) is 9.81. The molecular weight excluding hydrogens is 1230 g/mol. The van der Waals surface area contributed by atoms with Gasteiger partial charge in [-0.25, -0.2) is 0 Å². The molecule has 101 heavy (non-hydrogen) atoms. The Balaban J connectivity index is 0.973. The Morgan fingerprint density at radius 2 is 0.743 bits per heavy atom. The summed E-state index contributed by atoms with van der Waals surface area (Å²) >= 11 is 0. The van der Waals surface area contributed by atoms with E-state index in [1.807, 2.05) is 144 Å². The summed E-state index contributed by atoms with van der Waals surface area (Å²) in [5, 5.41) is 0.484. The van der Waals surface area contributed by atoms with Gasteiger partial charge in [-0.3, -0.25) is 0 Å². The first-order valence-corrected chi connectivity index (χ1v) is 33.2. The second kappa shape index (κ2) is 21.8. The van der Waals surface area contributed by atoms with Crippen LogP contribution in [0.3, 0.4) is 0 Å². The van der Waals surface area contributed by atoms with E-state index in [4.69, 9.17) is 12.6 Å². The minimum absolute atomic E-state index is 0.0201. The van der Waals surface area contributed by atoms with E-state index in [1.54, 1.807) is 18.2 Å². The van der Waals surface area contributed by atoms with Gasteiger partial charge in [-0.2, -0.15) is 0 Å². The lowest BCUT2D eigenvalue weighted by Gasteiger charge is -2.45. The third kappa shape index (κ3) is 8.47. The van der Waals surface area contributed by atoms with Gasteiger partial charge in [0.1, 0.15) is 0 Å².